The van der Waals surface area contributed by atoms with E-state index < -0.39 is 5.60 Å². The number of phenols is 1. The molecular weight excluding hydrogens is 202 g/mol. The van der Waals surface area contributed by atoms with E-state index in [1.54, 1.807) is 6.07 Å². The van der Waals surface area contributed by atoms with E-state index in [2.05, 4.69) is 5.32 Å². The van der Waals surface area contributed by atoms with Crippen LogP contribution in [0.25, 0.3) is 10.8 Å². The molecule has 0 spiro atoms. The average Bonchev–Trinajstić information content (AvgIpc) is 2.26. The summed E-state index contributed by atoms with van der Waals surface area (Å²) < 4.78 is 0. The van der Waals surface area contributed by atoms with E-state index in [4.69, 9.17) is 0 Å². The largest absolute Gasteiger partial charge is 0.508 e. The molecule has 3 rings (SSSR count). The van der Waals surface area contributed by atoms with Crippen LogP contribution in [0, 0.1) is 0 Å². The van der Waals surface area contributed by atoms with Crippen molar-refractivity contribution in [3.05, 3.63) is 42.0 Å². The lowest BCUT2D eigenvalue weighted by molar-refractivity contribution is -0.0150. The summed E-state index contributed by atoms with van der Waals surface area (Å²) in [6.45, 7) is 0.989. The van der Waals surface area contributed by atoms with Crippen LogP contribution in [-0.2, 0) is 5.60 Å². The molecule has 2 aromatic carbocycles. The van der Waals surface area contributed by atoms with Crippen molar-refractivity contribution in [1.82, 2.24) is 5.32 Å². The zero-order valence-corrected chi connectivity index (χ0v) is 8.77. The highest BCUT2D eigenvalue weighted by Crippen LogP contribution is 2.37. The van der Waals surface area contributed by atoms with E-state index in [-0.39, 0.29) is 5.75 Å². The number of fused-ring (bicyclic) bond motifs is 1. The summed E-state index contributed by atoms with van der Waals surface area (Å²) in [5.41, 5.74) is -0.283. The maximum Gasteiger partial charge on any atom is 0.122 e. The Balaban J connectivity index is 2.32. The van der Waals surface area contributed by atoms with Gasteiger partial charge in [-0.2, -0.15) is 0 Å². The van der Waals surface area contributed by atoms with Crippen LogP contribution in [0.4, 0.5) is 0 Å². The van der Waals surface area contributed by atoms with E-state index in [1.807, 2.05) is 30.3 Å². The summed E-state index contributed by atoms with van der Waals surface area (Å²) in [5, 5.41) is 25.3. The lowest BCUT2D eigenvalue weighted by Gasteiger charge is -2.39. The lowest BCUT2D eigenvalue weighted by atomic mass is 9.84. The number of rotatable bonds is 1. The summed E-state index contributed by atoms with van der Waals surface area (Å²) >= 11 is 0. The van der Waals surface area contributed by atoms with Crippen LogP contribution in [0.1, 0.15) is 5.56 Å². The topological polar surface area (TPSA) is 52.5 Å². The zero-order valence-electron chi connectivity index (χ0n) is 8.77. The third kappa shape index (κ3) is 1.22. The minimum atomic E-state index is -0.926. The van der Waals surface area contributed by atoms with Crippen molar-refractivity contribution in [2.24, 2.45) is 0 Å². The Bertz CT molecular complexity index is 547. The SMILES string of the molecule is Oc1ccc2ccccc2c1C1(O)CNC1. The monoisotopic (exact) mass is 215 g/mol. The molecule has 16 heavy (non-hydrogen) atoms. The van der Waals surface area contributed by atoms with Gasteiger partial charge >= 0.3 is 0 Å². The van der Waals surface area contributed by atoms with Crippen LogP contribution in [0.15, 0.2) is 36.4 Å². The number of benzene rings is 2. The molecule has 1 saturated heterocycles. The Hall–Kier alpha value is -1.58. The van der Waals surface area contributed by atoms with Gasteiger partial charge in [0.05, 0.1) is 0 Å². The van der Waals surface area contributed by atoms with Gasteiger partial charge in [-0.15, -0.1) is 0 Å². The van der Waals surface area contributed by atoms with E-state index in [0.29, 0.717) is 18.7 Å². The molecule has 1 aliphatic rings. The second-order valence-corrected chi connectivity index (χ2v) is 4.32. The molecule has 0 saturated carbocycles. The summed E-state index contributed by atoms with van der Waals surface area (Å²) in [6.07, 6.45) is 0. The van der Waals surface area contributed by atoms with Crippen molar-refractivity contribution in [3.63, 3.8) is 0 Å². The van der Waals surface area contributed by atoms with E-state index in [1.165, 1.54) is 0 Å². The second-order valence-electron chi connectivity index (χ2n) is 4.32. The first kappa shape index (κ1) is 9.63. The molecule has 1 heterocycles. The maximum atomic E-state index is 10.3. The van der Waals surface area contributed by atoms with Crippen molar-refractivity contribution >= 4 is 10.8 Å². The minimum absolute atomic E-state index is 0.169. The Morgan fingerprint density at radius 2 is 1.81 bits per heavy atom. The fourth-order valence-corrected chi connectivity index (χ4v) is 2.29. The van der Waals surface area contributed by atoms with Gasteiger partial charge in [-0.1, -0.05) is 30.3 Å². The quantitative estimate of drug-likeness (QED) is 0.672. The Morgan fingerprint density at radius 1 is 1.06 bits per heavy atom. The van der Waals surface area contributed by atoms with Gasteiger partial charge in [-0.25, -0.2) is 0 Å². The van der Waals surface area contributed by atoms with Crippen molar-refractivity contribution in [3.8, 4) is 5.75 Å². The van der Waals surface area contributed by atoms with Gasteiger partial charge in [-0.05, 0) is 16.8 Å². The number of nitrogens with one attached hydrogen (secondary N) is 1. The molecule has 1 aliphatic heterocycles. The summed E-state index contributed by atoms with van der Waals surface area (Å²) in [7, 11) is 0. The molecular formula is C13H13NO2. The first-order valence-electron chi connectivity index (χ1n) is 5.35. The van der Waals surface area contributed by atoms with Gasteiger partial charge in [0, 0.05) is 18.7 Å². The molecule has 0 atom stereocenters. The van der Waals surface area contributed by atoms with Gasteiger partial charge in [0.15, 0.2) is 0 Å². The zero-order chi connectivity index (χ0) is 11.2. The smallest absolute Gasteiger partial charge is 0.122 e. The van der Waals surface area contributed by atoms with Crippen molar-refractivity contribution < 1.29 is 10.2 Å². The normalized spacial score (nSPS) is 18.3. The molecule has 1 fully saturated rings. The van der Waals surface area contributed by atoms with Crippen LogP contribution in [0.2, 0.25) is 0 Å². The van der Waals surface area contributed by atoms with Gasteiger partial charge in [0.25, 0.3) is 0 Å². The molecule has 0 amide bonds. The highest BCUT2D eigenvalue weighted by Gasteiger charge is 2.39. The molecule has 0 aromatic heterocycles. The predicted octanol–water partition coefficient (Wildman–Crippen LogP) is 1.34. The molecule has 0 bridgehead atoms. The molecule has 0 unspecified atom stereocenters. The first-order chi connectivity index (χ1) is 7.71. The number of hydrogen-bond donors (Lipinski definition) is 3. The molecule has 3 heteroatoms. The maximum absolute atomic E-state index is 10.3. The fraction of sp³-hybridized carbons (Fsp3) is 0.231. The van der Waals surface area contributed by atoms with Crippen LogP contribution in [0.3, 0.4) is 0 Å². The number of aromatic hydroxyl groups is 1. The highest BCUT2D eigenvalue weighted by molar-refractivity contribution is 5.88. The number of β-amino-alcohol motifs (C(OH)–C–C–N with tert-alkyl or cyclic N) is 1. The van der Waals surface area contributed by atoms with E-state index in [0.717, 1.165) is 10.8 Å². The third-order valence-electron chi connectivity index (χ3n) is 3.21. The third-order valence-corrected chi connectivity index (χ3v) is 3.21. The van der Waals surface area contributed by atoms with Gasteiger partial charge in [-0.3, -0.25) is 0 Å². The van der Waals surface area contributed by atoms with Gasteiger partial charge in [0.2, 0.25) is 0 Å². The molecule has 2 aromatic rings. The average molecular weight is 215 g/mol. The van der Waals surface area contributed by atoms with Gasteiger partial charge in [0.1, 0.15) is 11.4 Å². The Labute approximate surface area is 93.3 Å². The van der Waals surface area contributed by atoms with E-state index >= 15 is 0 Å². The minimum Gasteiger partial charge on any atom is -0.508 e. The number of phenolic OH excluding ortho intramolecular Hbond substituents is 1. The lowest BCUT2D eigenvalue weighted by Crippen LogP contribution is -2.56. The fourth-order valence-electron chi connectivity index (χ4n) is 2.29. The Kier molecular flexibility index (Phi) is 1.93. The standard InChI is InChI=1S/C13H13NO2/c15-11-6-5-9-3-1-2-4-10(9)12(11)13(16)7-14-8-13/h1-6,14-16H,7-8H2. The van der Waals surface area contributed by atoms with Crippen molar-refractivity contribution in [1.29, 1.82) is 0 Å². The number of aliphatic hydroxyl groups is 1. The van der Waals surface area contributed by atoms with Crippen LogP contribution >= 0.6 is 0 Å². The summed E-state index contributed by atoms with van der Waals surface area (Å²) in [6, 6.07) is 11.3. The van der Waals surface area contributed by atoms with Crippen molar-refractivity contribution in [2.75, 3.05) is 13.1 Å². The molecule has 3 N–H and O–H groups in total. The first-order valence-corrected chi connectivity index (χ1v) is 5.35. The predicted molar refractivity (Wildman–Crippen MR) is 62.4 cm³/mol. The second kappa shape index (κ2) is 3.20. The van der Waals surface area contributed by atoms with Crippen molar-refractivity contribution in [2.45, 2.75) is 5.60 Å². The molecule has 82 valence electrons. The summed E-state index contributed by atoms with van der Waals surface area (Å²) in [5.74, 6) is 0.169. The van der Waals surface area contributed by atoms with Gasteiger partial charge < -0.3 is 15.5 Å². The number of hydrogen-bond acceptors (Lipinski definition) is 3. The van der Waals surface area contributed by atoms with Crippen LogP contribution < -0.4 is 5.32 Å². The molecule has 0 radical (unpaired) electrons. The molecule has 3 nitrogen and oxygen atoms in total. The van der Waals surface area contributed by atoms with E-state index in [9.17, 15) is 10.2 Å². The van der Waals surface area contributed by atoms with Crippen LogP contribution in [0.5, 0.6) is 5.75 Å². The molecule has 0 aliphatic carbocycles. The van der Waals surface area contributed by atoms with Crippen LogP contribution in [-0.4, -0.2) is 23.3 Å². The highest BCUT2D eigenvalue weighted by atomic mass is 16.3. The Morgan fingerprint density at radius 3 is 2.50 bits per heavy atom. The summed E-state index contributed by atoms with van der Waals surface area (Å²) in [4.78, 5) is 0.